The van der Waals surface area contributed by atoms with E-state index in [1.807, 2.05) is 6.07 Å². The van der Waals surface area contributed by atoms with Crippen molar-refractivity contribution in [2.75, 3.05) is 20.8 Å². The summed E-state index contributed by atoms with van der Waals surface area (Å²) in [6.07, 6.45) is 0.823. The highest BCUT2D eigenvalue weighted by molar-refractivity contribution is 6.01. The molecule has 1 rings (SSSR count). The molecule has 0 unspecified atom stereocenters. The minimum atomic E-state index is -0.570. The zero-order valence-electron chi connectivity index (χ0n) is 11.3. The van der Waals surface area contributed by atoms with E-state index < -0.39 is 12.2 Å². The van der Waals surface area contributed by atoms with Gasteiger partial charge in [-0.25, -0.2) is 0 Å². The van der Waals surface area contributed by atoms with Crippen LogP contribution >= 0.6 is 0 Å². The Hall–Kier alpha value is -2.36. The van der Waals surface area contributed by atoms with Crippen LogP contribution in [0.1, 0.15) is 5.56 Å². The van der Waals surface area contributed by atoms with E-state index in [1.165, 1.54) is 32.4 Å². The summed E-state index contributed by atoms with van der Waals surface area (Å²) < 4.78 is 9.85. The number of rotatable bonds is 6. The third-order valence-corrected chi connectivity index (χ3v) is 2.50. The Morgan fingerprint density at radius 3 is 2.75 bits per heavy atom. The summed E-state index contributed by atoms with van der Waals surface area (Å²) in [5, 5.41) is 20.9. The second-order valence-electron chi connectivity index (χ2n) is 3.88. The molecule has 0 aliphatic heterocycles. The van der Waals surface area contributed by atoms with Gasteiger partial charge < -0.3 is 19.9 Å². The second kappa shape index (κ2) is 7.94. The van der Waals surface area contributed by atoms with E-state index in [9.17, 15) is 9.90 Å². The predicted octanol–water partition coefficient (Wildman–Crippen LogP) is 1.03. The Labute approximate surface area is 117 Å². The molecule has 0 heterocycles. The van der Waals surface area contributed by atoms with Gasteiger partial charge in [0.25, 0.3) is 5.91 Å². The predicted molar refractivity (Wildman–Crippen MR) is 72.5 cm³/mol. The fourth-order valence-corrected chi connectivity index (χ4v) is 1.46. The van der Waals surface area contributed by atoms with E-state index in [2.05, 4.69) is 5.32 Å². The molecule has 6 nitrogen and oxygen atoms in total. The first kappa shape index (κ1) is 15.7. The van der Waals surface area contributed by atoms with Crippen LogP contribution in [-0.2, 0) is 14.3 Å². The van der Waals surface area contributed by atoms with E-state index in [1.54, 1.807) is 12.1 Å². The van der Waals surface area contributed by atoms with Crippen LogP contribution in [0.4, 0.5) is 0 Å². The van der Waals surface area contributed by atoms with E-state index in [0.717, 1.165) is 0 Å². The summed E-state index contributed by atoms with van der Waals surface area (Å²) in [7, 11) is 2.90. The fraction of sp³-hybridized carbons (Fsp3) is 0.286. The molecule has 0 aliphatic rings. The van der Waals surface area contributed by atoms with Crippen molar-refractivity contribution in [2.24, 2.45) is 0 Å². The summed E-state index contributed by atoms with van der Waals surface area (Å²) in [6.45, 7) is 0.130. The number of hydrogen-bond donors (Lipinski definition) is 2. The van der Waals surface area contributed by atoms with E-state index in [0.29, 0.717) is 5.56 Å². The number of aromatic hydroxyl groups is 1. The molecule has 0 aromatic heterocycles. The molecule has 0 spiro atoms. The number of hydrogen-bond acceptors (Lipinski definition) is 5. The Morgan fingerprint density at radius 2 is 2.20 bits per heavy atom. The summed E-state index contributed by atoms with van der Waals surface area (Å²) in [6, 6.07) is 8.08. The van der Waals surface area contributed by atoms with Crippen molar-refractivity contribution in [3.8, 4) is 11.8 Å². The van der Waals surface area contributed by atoms with Gasteiger partial charge in [0.05, 0.1) is 6.54 Å². The van der Waals surface area contributed by atoms with Crippen molar-refractivity contribution in [1.82, 2.24) is 5.32 Å². The van der Waals surface area contributed by atoms with E-state index in [-0.39, 0.29) is 17.9 Å². The molecule has 0 atom stereocenters. The van der Waals surface area contributed by atoms with Crippen LogP contribution in [0.15, 0.2) is 29.8 Å². The van der Waals surface area contributed by atoms with E-state index in [4.69, 9.17) is 14.7 Å². The minimum absolute atomic E-state index is 0.0651. The summed E-state index contributed by atoms with van der Waals surface area (Å²) in [5.74, 6) is -0.467. The number of nitrogens with one attached hydrogen (secondary N) is 1. The van der Waals surface area contributed by atoms with Gasteiger partial charge in [0.2, 0.25) is 0 Å². The first-order valence-electron chi connectivity index (χ1n) is 5.85. The molecular weight excluding hydrogens is 260 g/mol. The minimum Gasteiger partial charge on any atom is -0.508 e. The van der Waals surface area contributed by atoms with Gasteiger partial charge in [-0.3, -0.25) is 4.79 Å². The summed E-state index contributed by atoms with van der Waals surface area (Å²) in [4.78, 5) is 11.8. The number of nitrogens with zero attached hydrogens (tertiary/aromatic N) is 1. The second-order valence-corrected chi connectivity index (χ2v) is 3.88. The number of carbonyl (C=O) groups excluding carboxylic acids is 1. The molecule has 0 fully saturated rings. The highest BCUT2D eigenvalue weighted by atomic mass is 16.7. The molecule has 2 N–H and O–H groups in total. The van der Waals surface area contributed by atoms with Crippen LogP contribution in [0, 0.1) is 11.3 Å². The Morgan fingerprint density at radius 1 is 1.50 bits per heavy atom. The molecule has 1 aromatic carbocycles. The lowest BCUT2D eigenvalue weighted by Crippen LogP contribution is -2.34. The van der Waals surface area contributed by atoms with Crippen LogP contribution in [0.3, 0.4) is 0 Å². The molecule has 106 valence electrons. The van der Waals surface area contributed by atoms with Gasteiger partial charge in [-0.05, 0) is 23.8 Å². The lowest BCUT2D eigenvalue weighted by Gasteiger charge is -2.13. The maximum atomic E-state index is 11.8. The average Bonchev–Trinajstić information content (AvgIpc) is 2.45. The van der Waals surface area contributed by atoms with Crippen molar-refractivity contribution < 1.29 is 19.4 Å². The molecule has 0 saturated heterocycles. The fourth-order valence-electron chi connectivity index (χ4n) is 1.46. The lowest BCUT2D eigenvalue weighted by atomic mass is 10.1. The first-order chi connectivity index (χ1) is 9.60. The third-order valence-electron chi connectivity index (χ3n) is 2.50. The topological polar surface area (TPSA) is 91.6 Å². The maximum absolute atomic E-state index is 11.8. The van der Waals surface area contributed by atoms with E-state index >= 15 is 0 Å². The van der Waals surface area contributed by atoms with Crippen LogP contribution < -0.4 is 5.32 Å². The number of phenolic OH excluding ortho intramolecular Hbond substituents is 1. The Kier molecular flexibility index (Phi) is 6.23. The van der Waals surface area contributed by atoms with Crippen LogP contribution in [0.2, 0.25) is 0 Å². The van der Waals surface area contributed by atoms with Gasteiger partial charge in [0.15, 0.2) is 6.29 Å². The lowest BCUT2D eigenvalue weighted by molar-refractivity contribution is -0.123. The van der Waals surface area contributed by atoms with Crippen LogP contribution in [-0.4, -0.2) is 38.1 Å². The van der Waals surface area contributed by atoms with Gasteiger partial charge in [-0.1, -0.05) is 12.1 Å². The number of nitriles is 1. The van der Waals surface area contributed by atoms with Crippen molar-refractivity contribution in [3.63, 3.8) is 0 Å². The molecule has 1 amide bonds. The van der Waals surface area contributed by atoms with Crippen molar-refractivity contribution in [1.29, 1.82) is 5.26 Å². The van der Waals surface area contributed by atoms with Gasteiger partial charge in [0.1, 0.15) is 17.4 Å². The van der Waals surface area contributed by atoms with Gasteiger partial charge in [0, 0.05) is 14.2 Å². The first-order valence-corrected chi connectivity index (χ1v) is 5.85. The molecule has 1 aromatic rings. The number of phenols is 1. The summed E-state index contributed by atoms with van der Waals surface area (Å²) >= 11 is 0. The molecule has 0 saturated carbocycles. The van der Waals surface area contributed by atoms with Gasteiger partial charge in [-0.15, -0.1) is 0 Å². The number of ether oxygens (including phenoxy) is 2. The molecule has 6 heteroatoms. The van der Waals surface area contributed by atoms with Crippen LogP contribution in [0.25, 0.3) is 6.08 Å². The molecule has 0 radical (unpaired) electrons. The van der Waals surface area contributed by atoms with Gasteiger partial charge >= 0.3 is 0 Å². The SMILES string of the molecule is COC(CNC(=O)/C(C#N)=C/c1cccc(O)c1)OC. The summed E-state index contributed by atoms with van der Waals surface area (Å²) in [5.41, 5.74) is 0.494. The number of benzene rings is 1. The normalized spacial score (nSPS) is 11.2. The standard InChI is InChI=1S/C14H16N2O4/c1-19-13(20-2)9-16-14(18)11(8-15)6-10-4-3-5-12(17)7-10/h3-7,13,17H,9H2,1-2H3,(H,16,18)/b11-6+. The zero-order chi connectivity index (χ0) is 15.0. The Balaban J connectivity index is 2.75. The molecule has 20 heavy (non-hydrogen) atoms. The molecule has 0 bridgehead atoms. The van der Waals surface area contributed by atoms with Crippen molar-refractivity contribution in [3.05, 3.63) is 35.4 Å². The average molecular weight is 276 g/mol. The largest absolute Gasteiger partial charge is 0.508 e. The molecule has 0 aliphatic carbocycles. The maximum Gasteiger partial charge on any atom is 0.262 e. The zero-order valence-corrected chi connectivity index (χ0v) is 11.3. The Bertz CT molecular complexity index is 530. The highest BCUT2D eigenvalue weighted by Crippen LogP contribution is 2.14. The molecular formula is C14H16N2O4. The monoisotopic (exact) mass is 276 g/mol. The number of methoxy groups -OCH3 is 2. The smallest absolute Gasteiger partial charge is 0.262 e. The van der Waals surface area contributed by atoms with Gasteiger partial charge in [-0.2, -0.15) is 5.26 Å². The third kappa shape index (κ3) is 4.72. The highest BCUT2D eigenvalue weighted by Gasteiger charge is 2.12. The van der Waals surface area contributed by atoms with Crippen LogP contribution in [0.5, 0.6) is 5.75 Å². The number of amides is 1. The van der Waals surface area contributed by atoms with Crippen molar-refractivity contribution in [2.45, 2.75) is 6.29 Å². The quantitative estimate of drug-likeness (QED) is 0.460. The van der Waals surface area contributed by atoms with Crippen molar-refractivity contribution >= 4 is 12.0 Å². The number of carbonyl (C=O) groups is 1.